The minimum absolute atomic E-state index is 0.588. The van der Waals surface area contributed by atoms with Gasteiger partial charge < -0.3 is 4.74 Å². The fourth-order valence-electron chi connectivity index (χ4n) is 1.88. The zero-order chi connectivity index (χ0) is 14.5. The molecule has 0 aliphatic carbocycles. The van der Waals surface area contributed by atoms with E-state index in [-0.39, 0.29) is 0 Å². The van der Waals surface area contributed by atoms with Gasteiger partial charge >= 0.3 is 0 Å². The Morgan fingerprint density at radius 3 is 2.40 bits per heavy atom. The molecule has 0 heterocycles. The molecular weight excluding hydrogens is 254 g/mol. The van der Waals surface area contributed by atoms with Crippen molar-refractivity contribution >= 4 is 5.91 Å². The summed E-state index contributed by atoms with van der Waals surface area (Å²) in [7, 11) is 0. The van der Waals surface area contributed by atoms with E-state index >= 15 is 0 Å². The molecule has 0 saturated heterocycles. The molecule has 0 aromatic heterocycles. The third-order valence-electron chi connectivity index (χ3n) is 3.18. The number of rotatable bonds is 4. The average Bonchev–Trinajstić information content (AvgIpc) is 2.48. The first-order valence-corrected chi connectivity index (χ1v) is 6.34. The van der Waals surface area contributed by atoms with Crippen LogP contribution in [0.15, 0.2) is 48.5 Å². The van der Waals surface area contributed by atoms with Gasteiger partial charge in [0, 0.05) is 5.56 Å². The van der Waals surface area contributed by atoms with Crippen molar-refractivity contribution in [3.63, 3.8) is 0 Å². The van der Waals surface area contributed by atoms with E-state index < -0.39 is 12.0 Å². The van der Waals surface area contributed by atoms with E-state index in [1.807, 2.05) is 50.2 Å². The molecule has 2 aromatic rings. The van der Waals surface area contributed by atoms with Crippen molar-refractivity contribution in [2.45, 2.75) is 20.0 Å². The summed E-state index contributed by atoms with van der Waals surface area (Å²) in [4.78, 5) is 11.8. The molecule has 0 fully saturated rings. The van der Waals surface area contributed by atoms with Gasteiger partial charge in [0.05, 0.1) is 0 Å². The molecule has 0 radical (unpaired) electrons. The standard InChI is InChI=1S/C16H17NO3/c1-11-8-9-14(10-12(11)2)20-15(16(18)17-19)13-6-4-3-5-7-13/h3-10,15,19H,1-2H3,(H,17,18). The van der Waals surface area contributed by atoms with Crippen LogP contribution in [-0.2, 0) is 4.79 Å². The number of hydrogen-bond acceptors (Lipinski definition) is 3. The SMILES string of the molecule is Cc1ccc(OC(C(=O)NO)c2ccccc2)cc1C. The fourth-order valence-corrected chi connectivity index (χ4v) is 1.88. The monoisotopic (exact) mass is 271 g/mol. The van der Waals surface area contributed by atoms with Gasteiger partial charge in [-0.2, -0.15) is 0 Å². The highest BCUT2D eigenvalue weighted by Crippen LogP contribution is 2.24. The largest absolute Gasteiger partial charge is 0.476 e. The van der Waals surface area contributed by atoms with Crippen LogP contribution in [0.2, 0.25) is 0 Å². The third kappa shape index (κ3) is 3.16. The number of nitrogens with one attached hydrogen (secondary N) is 1. The second kappa shape index (κ2) is 6.21. The van der Waals surface area contributed by atoms with Gasteiger partial charge in [0.1, 0.15) is 5.75 Å². The summed E-state index contributed by atoms with van der Waals surface area (Å²) in [5.41, 5.74) is 4.56. The number of ether oxygens (including phenoxy) is 1. The lowest BCUT2D eigenvalue weighted by Gasteiger charge is -2.18. The number of hydrogen-bond donors (Lipinski definition) is 2. The second-order valence-electron chi connectivity index (χ2n) is 4.63. The summed E-state index contributed by atoms with van der Waals surface area (Å²) < 4.78 is 5.72. The summed E-state index contributed by atoms with van der Waals surface area (Å²) in [6.45, 7) is 3.99. The van der Waals surface area contributed by atoms with Crippen molar-refractivity contribution in [3.8, 4) is 5.75 Å². The van der Waals surface area contributed by atoms with Crippen LogP contribution in [0, 0.1) is 13.8 Å². The van der Waals surface area contributed by atoms with Gasteiger partial charge in [0.25, 0.3) is 5.91 Å². The fraction of sp³-hybridized carbons (Fsp3) is 0.188. The predicted molar refractivity (Wildman–Crippen MR) is 75.7 cm³/mol. The molecule has 0 saturated carbocycles. The minimum atomic E-state index is -0.886. The van der Waals surface area contributed by atoms with E-state index in [1.165, 1.54) is 0 Å². The van der Waals surface area contributed by atoms with E-state index in [9.17, 15) is 4.79 Å². The normalized spacial score (nSPS) is 11.8. The maximum Gasteiger partial charge on any atom is 0.289 e. The van der Waals surface area contributed by atoms with Crippen LogP contribution >= 0.6 is 0 Å². The van der Waals surface area contributed by atoms with Crippen LogP contribution in [0.3, 0.4) is 0 Å². The number of carbonyl (C=O) groups excluding carboxylic acids is 1. The first-order valence-electron chi connectivity index (χ1n) is 6.34. The Balaban J connectivity index is 2.28. The quantitative estimate of drug-likeness (QED) is 0.664. The highest BCUT2D eigenvalue weighted by molar-refractivity contribution is 5.81. The third-order valence-corrected chi connectivity index (χ3v) is 3.18. The van der Waals surface area contributed by atoms with E-state index in [0.717, 1.165) is 11.1 Å². The molecule has 4 heteroatoms. The lowest BCUT2D eigenvalue weighted by atomic mass is 10.1. The minimum Gasteiger partial charge on any atom is -0.476 e. The van der Waals surface area contributed by atoms with Gasteiger partial charge in [0.2, 0.25) is 6.10 Å². The number of aryl methyl sites for hydroxylation is 2. The number of hydroxylamine groups is 1. The molecule has 1 atom stereocenters. The Morgan fingerprint density at radius 1 is 1.10 bits per heavy atom. The lowest BCUT2D eigenvalue weighted by Crippen LogP contribution is -2.30. The first kappa shape index (κ1) is 14.1. The summed E-state index contributed by atoms with van der Waals surface area (Å²) in [6, 6.07) is 14.7. The Morgan fingerprint density at radius 2 is 1.80 bits per heavy atom. The zero-order valence-electron chi connectivity index (χ0n) is 11.5. The van der Waals surface area contributed by atoms with Gasteiger partial charge in [-0.05, 0) is 37.1 Å². The van der Waals surface area contributed by atoms with Crippen molar-refractivity contribution in [1.29, 1.82) is 0 Å². The van der Waals surface area contributed by atoms with Crippen LogP contribution in [-0.4, -0.2) is 11.1 Å². The van der Waals surface area contributed by atoms with E-state index in [0.29, 0.717) is 11.3 Å². The molecule has 2 aromatic carbocycles. The maximum atomic E-state index is 11.8. The van der Waals surface area contributed by atoms with Gasteiger partial charge in [-0.1, -0.05) is 36.4 Å². The van der Waals surface area contributed by atoms with Gasteiger partial charge in [-0.15, -0.1) is 0 Å². The predicted octanol–water partition coefficient (Wildman–Crippen LogP) is 2.93. The molecular formula is C16H17NO3. The zero-order valence-corrected chi connectivity index (χ0v) is 11.5. The summed E-state index contributed by atoms with van der Waals surface area (Å²) in [5, 5.41) is 8.86. The smallest absolute Gasteiger partial charge is 0.289 e. The molecule has 0 bridgehead atoms. The van der Waals surface area contributed by atoms with Crippen LogP contribution < -0.4 is 10.2 Å². The molecule has 2 N–H and O–H groups in total. The van der Waals surface area contributed by atoms with Gasteiger partial charge in [-0.25, -0.2) is 5.48 Å². The number of benzene rings is 2. The number of carbonyl (C=O) groups is 1. The molecule has 104 valence electrons. The molecule has 1 unspecified atom stereocenters. The summed E-state index contributed by atoms with van der Waals surface area (Å²) in [5.74, 6) is -0.0139. The highest BCUT2D eigenvalue weighted by atomic mass is 16.5. The second-order valence-corrected chi connectivity index (χ2v) is 4.63. The van der Waals surface area contributed by atoms with Crippen LogP contribution in [0.25, 0.3) is 0 Å². The first-order chi connectivity index (χ1) is 9.61. The number of amides is 1. The maximum absolute atomic E-state index is 11.8. The van der Waals surface area contributed by atoms with E-state index in [4.69, 9.17) is 9.94 Å². The average molecular weight is 271 g/mol. The molecule has 20 heavy (non-hydrogen) atoms. The molecule has 0 aliphatic rings. The highest BCUT2D eigenvalue weighted by Gasteiger charge is 2.22. The van der Waals surface area contributed by atoms with Gasteiger partial charge in [0.15, 0.2) is 0 Å². The Hall–Kier alpha value is -2.33. The topological polar surface area (TPSA) is 58.6 Å². The molecule has 0 spiro atoms. The summed E-state index contributed by atoms with van der Waals surface area (Å²) in [6.07, 6.45) is -0.886. The molecule has 2 rings (SSSR count). The van der Waals surface area contributed by atoms with Crippen molar-refractivity contribution < 1.29 is 14.7 Å². The van der Waals surface area contributed by atoms with Crippen molar-refractivity contribution in [3.05, 3.63) is 65.2 Å². The van der Waals surface area contributed by atoms with Crippen LogP contribution in [0.4, 0.5) is 0 Å². The Kier molecular flexibility index (Phi) is 4.38. The molecule has 0 aliphatic heterocycles. The molecule has 4 nitrogen and oxygen atoms in total. The van der Waals surface area contributed by atoms with Crippen molar-refractivity contribution in [1.82, 2.24) is 5.48 Å². The van der Waals surface area contributed by atoms with Crippen LogP contribution in [0.5, 0.6) is 5.75 Å². The van der Waals surface area contributed by atoms with Crippen molar-refractivity contribution in [2.75, 3.05) is 0 Å². The summed E-state index contributed by atoms with van der Waals surface area (Å²) >= 11 is 0. The van der Waals surface area contributed by atoms with Crippen molar-refractivity contribution in [2.24, 2.45) is 0 Å². The molecule has 1 amide bonds. The van der Waals surface area contributed by atoms with E-state index in [2.05, 4.69) is 0 Å². The lowest BCUT2D eigenvalue weighted by molar-refractivity contribution is -0.136. The van der Waals surface area contributed by atoms with E-state index in [1.54, 1.807) is 17.6 Å². The Labute approximate surface area is 118 Å². The van der Waals surface area contributed by atoms with Gasteiger partial charge in [-0.3, -0.25) is 10.0 Å². The Bertz CT molecular complexity index is 596. The van der Waals surface area contributed by atoms with Crippen LogP contribution in [0.1, 0.15) is 22.8 Å².